The lowest BCUT2D eigenvalue weighted by Gasteiger charge is -2.15. The van der Waals surface area contributed by atoms with Crippen molar-refractivity contribution < 1.29 is 23.7 Å². The van der Waals surface area contributed by atoms with Crippen molar-refractivity contribution in [2.45, 2.75) is 19.8 Å². The molecule has 0 aromatic rings. The number of likely N-dealkylation sites (N-methyl/N-ethyl adjacent to an activating group) is 1. The molecule has 9 heteroatoms. The van der Waals surface area contributed by atoms with Crippen LogP contribution in [-0.4, -0.2) is 97.7 Å². The fraction of sp³-hybridized carbons (Fsp3) is 1.00. The first-order chi connectivity index (χ1) is 12.8. The van der Waals surface area contributed by atoms with Gasteiger partial charge >= 0.3 is 0 Å². The number of azide groups is 1. The molecular weight excluding hydrogens is 340 g/mol. The van der Waals surface area contributed by atoms with Crippen LogP contribution in [0.4, 0.5) is 0 Å². The van der Waals surface area contributed by atoms with Gasteiger partial charge in [-0.2, -0.15) is 0 Å². The molecule has 9 nitrogen and oxygen atoms in total. The second-order valence-corrected chi connectivity index (χ2v) is 5.67. The molecule has 0 radical (unpaired) electrons. The molecule has 0 amide bonds. The summed E-state index contributed by atoms with van der Waals surface area (Å²) in [6.45, 7) is 10.1. The Morgan fingerprint density at radius 3 is 1.65 bits per heavy atom. The molecule has 0 saturated heterocycles. The minimum atomic E-state index is 0.348. The molecule has 0 fully saturated rings. The number of hydrogen-bond donors (Lipinski definition) is 0. The van der Waals surface area contributed by atoms with Gasteiger partial charge in [0.25, 0.3) is 0 Å². The van der Waals surface area contributed by atoms with E-state index < -0.39 is 0 Å². The maximum atomic E-state index is 8.08. The zero-order valence-corrected chi connectivity index (χ0v) is 16.4. The summed E-state index contributed by atoms with van der Waals surface area (Å²) in [6.07, 6.45) is 2.46. The van der Waals surface area contributed by atoms with E-state index in [4.69, 9.17) is 29.2 Å². The normalized spacial score (nSPS) is 11.0. The summed E-state index contributed by atoms with van der Waals surface area (Å²) >= 11 is 0. The van der Waals surface area contributed by atoms with Crippen LogP contribution >= 0.6 is 0 Å². The number of hydrogen-bond acceptors (Lipinski definition) is 7. The highest BCUT2D eigenvalue weighted by Gasteiger charge is 1.97. The zero-order chi connectivity index (χ0) is 19.1. The van der Waals surface area contributed by atoms with Crippen LogP contribution in [0.5, 0.6) is 0 Å². The first-order valence-corrected chi connectivity index (χ1v) is 9.39. The third-order valence-corrected chi connectivity index (χ3v) is 3.40. The number of nitrogens with zero attached hydrogens (tertiary/aromatic N) is 4. The van der Waals surface area contributed by atoms with Gasteiger partial charge in [-0.05, 0) is 25.5 Å². The second-order valence-electron chi connectivity index (χ2n) is 5.67. The third kappa shape index (κ3) is 21.1. The van der Waals surface area contributed by atoms with Crippen molar-refractivity contribution in [1.29, 1.82) is 0 Å². The largest absolute Gasteiger partial charge is 0.379 e. The van der Waals surface area contributed by atoms with Gasteiger partial charge in [0.2, 0.25) is 0 Å². The van der Waals surface area contributed by atoms with E-state index in [1.807, 2.05) is 0 Å². The molecule has 0 aromatic heterocycles. The topological polar surface area (TPSA) is 98.1 Å². The van der Waals surface area contributed by atoms with Crippen LogP contribution in [0, 0.1) is 0 Å². The zero-order valence-electron chi connectivity index (χ0n) is 16.4. The summed E-state index contributed by atoms with van der Waals surface area (Å²) in [7, 11) is 2.12. The molecule has 0 unspecified atom stereocenters. The van der Waals surface area contributed by atoms with Gasteiger partial charge in [0.1, 0.15) is 0 Å². The number of ether oxygens (including phenoxy) is 5. The molecule has 0 rings (SSSR count). The molecule has 0 heterocycles. The monoisotopic (exact) mass is 376 g/mol. The standard InChI is InChI=1S/C17H36N4O5/c1-3-4-6-21(2)7-9-23-11-13-25-15-17-26-16-14-24-12-10-22-8-5-19-20-18/h3-17H2,1-2H3. The van der Waals surface area contributed by atoms with Gasteiger partial charge in [-0.3, -0.25) is 0 Å². The Hall–Kier alpha value is -0.930. The van der Waals surface area contributed by atoms with Gasteiger partial charge in [-0.1, -0.05) is 18.5 Å². The van der Waals surface area contributed by atoms with Crippen molar-refractivity contribution >= 4 is 0 Å². The van der Waals surface area contributed by atoms with Crippen LogP contribution in [0.15, 0.2) is 5.11 Å². The molecule has 0 saturated carbocycles. The highest BCUT2D eigenvalue weighted by atomic mass is 16.6. The molecule has 0 aromatic carbocycles. The van der Waals surface area contributed by atoms with E-state index in [1.54, 1.807) is 0 Å². The molecule has 0 aliphatic heterocycles. The van der Waals surface area contributed by atoms with Gasteiger partial charge in [0.05, 0.1) is 66.1 Å². The van der Waals surface area contributed by atoms with Gasteiger partial charge < -0.3 is 28.6 Å². The first-order valence-electron chi connectivity index (χ1n) is 9.39. The van der Waals surface area contributed by atoms with Crippen LogP contribution < -0.4 is 0 Å². The van der Waals surface area contributed by atoms with Crippen LogP contribution in [0.1, 0.15) is 19.8 Å². The molecular formula is C17H36N4O5. The SMILES string of the molecule is CCCCN(C)CCOCCOCCOCCOCCOCCN=[N+]=[N-]. The lowest BCUT2D eigenvalue weighted by Crippen LogP contribution is -2.24. The van der Waals surface area contributed by atoms with Crippen molar-refractivity contribution in [1.82, 2.24) is 4.90 Å². The van der Waals surface area contributed by atoms with Crippen LogP contribution in [-0.2, 0) is 23.7 Å². The Bertz CT molecular complexity index is 330. The minimum Gasteiger partial charge on any atom is -0.379 e. The maximum Gasteiger partial charge on any atom is 0.0701 e. The fourth-order valence-electron chi connectivity index (χ4n) is 1.89. The Kier molecular flexibility index (Phi) is 21.3. The van der Waals surface area contributed by atoms with E-state index in [-0.39, 0.29) is 0 Å². The van der Waals surface area contributed by atoms with E-state index in [2.05, 4.69) is 28.9 Å². The summed E-state index contributed by atoms with van der Waals surface area (Å²) in [6, 6.07) is 0. The molecule has 0 N–H and O–H groups in total. The summed E-state index contributed by atoms with van der Waals surface area (Å²) in [4.78, 5) is 4.92. The molecule has 0 aliphatic rings. The summed E-state index contributed by atoms with van der Waals surface area (Å²) in [5.41, 5.74) is 8.08. The van der Waals surface area contributed by atoms with Crippen molar-refractivity contribution in [2.75, 3.05) is 92.8 Å². The van der Waals surface area contributed by atoms with E-state index >= 15 is 0 Å². The summed E-state index contributed by atoms with van der Waals surface area (Å²) in [5.74, 6) is 0. The van der Waals surface area contributed by atoms with E-state index in [0.29, 0.717) is 66.0 Å². The van der Waals surface area contributed by atoms with Crippen molar-refractivity contribution in [2.24, 2.45) is 5.11 Å². The fourth-order valence-corrected chi connectivity index (χ4v) is 1.89. The molecule has 154 valence electrons. The predicted octanol–water partition coefficient (Wildman–Crippen LogP) is 2.11. The van der Waals surface area contributed by atoms with Gasteiger partial charge in [-0.25, -0.2) is 0 Å². The average Bonchev–Trinajstić information content (AvgIpc) is 2.65. The summed E-state index contributed by atoms with van der Waals surface area (Å²) in [5, 5.41) is 3.36. The van der Waals surface area contributed by atoms with Crippen LogP contribution in [0.2, 0.25) is 0 Å². The third-order valence-electron chi connectivity index (χ3n) is 3.40. The lowest BCUT2D eigenvalue weighted by atomic mass is 10.3. The summed E-state index contributed by atoms with van der Waals surface area (Å²) < 4.78 is 26.9. The smallest absolute Gasteiger partial charge is 0.0701 e. The second kappa shape index (κ2) is 22.1. The average molecular weight is 376 g/mol. The van der Waals surface area contributed by atoms with Crippen molar-refractivity contribution in [3.05, 3.63) is 10.4 Å². The van der Waals surface area contributed by atoms with Gasteiger partial charge in [0, 0.05) is 18.0 Å². The number of unbranched alkanes of at least 4 members (excludes halogenated alkanes) is 1. The highest BCUT2D eigenvalue weighted by molar-refractivity contribution is 4.49. The number of rotatable bonds is 21. The predicted molar refractivity (Wildman–Crippen MR) is 101 cm³/mol. The van der Waals surface area contributed by atoms with Gasteiger partial charge in [0.15, 0.2) is 0 Å². The van der Waals surface area contributed by atoms with E-state index in [1.165, 1.54) is 12.8 Å². The Labute approximate surface area is 157 Å². The van der Waals surface area contributed by atoms with Crippen LogP contribution in [0.3, 0.4) is 0 Å². The van der Waals surface area contributed by atoms with Crippen molar-refractivity contribution in [3.8, 4) is 0 Å². The van der Waals surface area contributed by atoms with Gasteiger partial charge in [-0.15, -0.1) is 0 Å². The molecule has 0 atom stereocenters. The molecule has 0 aliphatic carbocycles. The first kappa shape index (κ1) is 25.1. The van der Waals surface area contributed by atoms with E-state index in [0.717, 1.165) is 19.7 Å². The van der Waals surface area contributed by atoms with Crippen molar-refractivity contribution in [3.63, 3.8) is 0 Å². The lowest BCUT2D eigenvalue weighted by molar-refractivity contribution is -0.0114. The van der Waals surface area contributed by atoms with Crippen LogP contribution in [0.25, 0.3) is 10.4 Å². The minimum absolute atomic E-state index is 0.348. The molecule has 26 heavy (non-hydrogen) atoms. The molecule has 0 spiro atoms. The Balaban J connectivity index is 3.06. The quantitative estimate of drug-likeness (QED) is 0.132. The Morgan fingerprint density at radius 2 is 1.19 bits per heavy atom. The highest BCUT2D eigenvalue weighted by Crippen LogP contribution is 1.91. The molecule has 0 bridgehead atoms. The van der Waals surface area contributed by atoms with E-state index in [9.17, 15) is 0 Å². The Morgan fingerprint density at radius 1 is 0.731 bits per heavy atom. The maximum absolute atomic E-state index is 8.08.